The standard InChI is InChI=1S/C12H17BrN2O3S/c1-3-10(4-2)15-12(16)8-5-9(13)7-11(6-8)19(14,17)18/h5-7,10H,3-4H2,1-2H3,(H,15,16)(H2,14,17,18). The summed E-state index contributed by atoms with van der Waals surface area (Å²) in [6.45, 7) is 3.95. The van der Waals surface area contributed by atoms with E-state index in [-0.39, 0.29) is 22.4 Å². The van der Waals surface area contributed by atoms with Crippen LogP contribution in [0.4, 0.5) is 0 Å². The van der Waals surface area contributed by atoms with Crippen molar-refractivity contribution < 1.29 is 13.2 Å². The molecule has 3 N–H and O–H groups in total. The largest absolute Gasteiger partial charge is 0.349 e. The average Bonchev–Trinajstić information content (AvgIpc) is 2.33. The van der Waals surface area contributed by atoms with Crippen molar-refractivity contribution in [3.05, 3.63) is 28.2 Å². The van der Waals surface area contributed by atoms with Crippen molar-refractivity contribution in [2.45, 2.75) is 37.6 Å². The molecule has 0 radical (unpaired) electrons. The predicted molar refractivity (Wildman–Crippen MR) is 77.4 cm³/mol. The fourth-order valence-electron chi connectivity index (χ4n) is 1.62. The zero-order valence-electron chi connectivity index (χ0n) is 10.8. The van der Waals surface area contributed by atoms with Gasteiger partial charge in [0.15, 0.2) is 0 Å². The highest BCUT2D eigenvalue weighted by molar-refractivity contribution is 9.10. The topological polar surface area (TPSA) is 89.3 Å². The second kappa shape index (κ2) is 6.49. The van der Waals surface area contributed by atoms with Gasteiger partial charge in [0.25, 0.3) is 5.91 Å². The van der Waals surface area contributed by atoms with Crippen LogP contribution in [0.3, 0.4) is 0 Å². The molecule has 106 valence electrons. The smallest absolute Gasteiger partial charge is 0.251 e. The molecule has 0 unspecified atom stereocenters. The monoisotopic (exact) mass is 348 g/mol. The number of sulfonamides is 1. The van der Waals surface area contributed by atoms with Gasteiger partial charge in [0.2, 0.25) is 10.0 Å². The number of nitrogens with one attached hydrogen (secondary N) is 1. The summed E-state index contributed by atoms with van der Waals surface area (Å²) in [5, 5.41) is 7.91. The fourth-order valence-corrected chi connectivity index (χ4v) is 2.85. The Morgan fingerprint density at radius 3 is 2.37 bits per heavy atom. The van der Waals surface area contributed by atoms with Crippen molar-refractivity contribution in [2.24, 2.45) is 5.14 Å². The van der Waals surface area contributed by atoms with Gasteiger partial charge in [0.1, 0.15) is 0 Å². The molecular formula is C12H17BrN2O3S. The zero-order valence-corrected chi connectivity index (χ0v) is 13.2. The summed E-state index contributed by atoms with van der Waals surface area (Å²) in [4.78, 5) is 12.0. The van der Waals surface area contributed by atoms with E-state index >= 15 is 0 Å². The summed E-state index contributed by atoms with van der Waals surface area (Å²) in [5.74, 6) is -0.306. The molecule has 0 aliphatic heterocycles. The maximum Gasteiger partial charge on any atom is 0.251 e. The SMILES string of the molecule is CCC(CC)NC(=O)c1cc(Br)cc(S(N)(=O)=O)c1. The van der Waals surface area contributed by atoms with Crippen molar-refractivity contribution in [3.63, 3.8) is 0 Å². The van der Waals surface area contributed by atoms with Crippen LogP contribution in [0.5, 0.6) is 0 Å². The van der Waals surface area contributed by atoms with Gasteiger partial charge >= 0.3 is 0 Å². The highest BCUT2D eigenvalue weighted by Gasteiger charge is 2.15. The normalized spacial score (nSPS) is 11.6. The van der Waals surface area contributed by atoms with Gasteiger partial charge in [-0.05, 0) is 31.0 Å². The number of halogens is 1. The number of rotatable bonds is 5. The Bertz CT molecular complexity index is 568. The van der Waals surface area contributed by atoms with Gasteiger partial charge in [-0.15, -0.1) is 0 Å². The Morgan fingerprint density at radius 2 is 1.89 bits per heavy atom. The van der Waals surface area contributed by atoms with E-state index in [0.717, 1.165) is 12.8 Å². The van der Waals surface area contributed by atoms with E-state index < -0.39 is 10.0 Å². The molecule has 0 saturated heterocycles. The van der Waals surface area contributed by atoms with Gasteiger partial charge in [0.05, 0.1) is 4.90 Å². The fraction of sp³-hybridized carbons (Fsp3) is 0.417. The minimum atomic E-state index is -3.83. The lowest BCUT2D eigenvalue weighted by atomic mass is 10.1. The Morgan fingerprint density at radius 1 is 1.32 bits per heavy atom. The quantitative estimate of drug-likeness (QED) is 0.852. The molecule has 1 aromatic carbocycles. The molecule has 1 rings (SSSR count). The predicted octanol–water partition coefficient (Wildman–Crippen LogP) is 2.01. The van der Waals surface area contributed by atoms with Crippen LogP contribution in [0.15, 0.2) is 27.6 Å². The molecule has 0 fully saturated rings. The van der Waals surface area contributed by atoms with Crippen LogP contribution in [0.25, 0.3) is 0 Å². The maximum atomic E-state index is 12.0. The van der Waals surface area contributed by atoms with Gasteiger partial charge in [0, 0.05) is 16.1 Å². The zero-order chi connectivity index (χ0) is 14.6. The summed E-state index contributed by atoms with van der Waals surface area (Å²) in [7, 11) is -3.83. The van der Waals surface area contributed by atoms with E-state index in [1.165, 1.54) is 12.1 Å². The Hall–Kier alpha value is -0.920. The van der Waals surface area contributed by atoms with E-state index in [0.29, 0.717) is 4.47 Å². The molecule has 0 bridgehead atoms. The van der Waals surface area contributed by atoms with Crippen LogP contribution in [0.1, 0.15) is 37.0 Å². The van der Waals surface area contributed by atoms with Crippen LogP contribution in [-0.2, 0) is 10.0 Å². The number of hydrogen-bond acceptors (Lipinski definition) is 3. The van der Waals surface area contributed by atoms with Crippen molar-refractivity contribution in [1.82, 2.24) is 5.32 Å². The van der Waals surface area contributed by atoms with Crippen LogP contribution in [0.2, 0.25) is 0 Å². The molecule has 0 aromatic heterocycles. The third-order valence-electron chi connectivity index (χ3n) is 2.78. The highest BCUT2D eigenvalue weighted by Crippen LogP contribution is 2.19. The van der Waals surface area contributed by atoms with Crippen LogP contribution >= 0.6 is 15.9 Å². The Kier molecular flexibility index (Phi) is 5.51. The third-order valence-corrected chi connectivity index (χ3v) is 4.13. The molecule has 19 heavy (non-hydrogen) atoms. The molecule has 5 nitrogen and oxygen atoms in total. The van der Waals surface area contributed by atoms with Gasteiger partial charge in [-0.2, -0.15) is 0 Å². The summed E-state index contributed by atoms with van der Waals surface area (Å²) >= 11 is 3.17. The number of hydrogen-bond donors (Lipinski definition) is 2. The summed E-state index contributed by atoms with van der Waals surface area (Å²) in [5.41, 5.74) is 0.269. The first kappa shape index (κ1) is 16.1. The lowest BCUT2D eigenvalue weighted by Crippen LogP contribution is -2.33. The van der Waals surface area contributed by atoms with Crippen LogP contribution < -0.4 is 10.5 Å². The number of nitrogens with two attached hydrogens (primary N) is 1. The second-order valence-corrected chi connectivity index (χ2v) is 6.68. The van der Waals surface area contributed by atoms with Gasteiger partial charge in [-0.3, -0.25) is 4.79 Å². The van der Waals surface area contributed by atoms with Gasteiger partial charge in [-0.25, -0.2) is 13.6 Å². The van der Waals surface area contributed by atoms with Crippen molar-refractivity contribution in [3.8, 4) is 0 Å². The molecule has 1 aromatic rings. The Labute approximate surface area is 121 Å². The minimum absolute atomic E-state index is 0.0735. The van der Waals surface area contributed by atoms with Gasteiger partial charge in [-0.1, -0.05) is 29.8 Å². The van der Waals surface area contributed by atoms with E-state index in [9.17, 15) is 13.2 Å². The Balaban J connectivity index is 3.08. The number of primary sulfonamides is 1. The molecule has 0 heterocycles. The molecule has 0 aliphatic carbocycles. The van der Waals surface area contributed by atoms with E-state index in [1.54, 1.807) is 6.07 Å². The van der Waals surface area contributed by atoms with E-state index in [4.69, 9.17) is 5.14 Å². The number of carbonyl (C=O) groups is 1. The summed E-state index contributed by atoms with van der Waals surface area (Å²) in [6.07, 6.45) is 1.64. The van der Waals surface area contributed by atoms with Crippen LogP contribution in [-0.4, -0.2) is 20.4 Å². The average molecular weight is 349 g/mol. The number of carbonyl (C=O) groups excluding carboxylic acids is 1. The molecule has 0 saturated carbocycles. The molecule has 0 spiro atoms. The first-order chi connectivity index (χ1) is 8.77. The number of amides is 1. The third kappa shape index (κ3) is 4.59. The first-order valence-corrected chi connectivity index (χ1v) is 8.26. The summed E-state index contributed by atoms with van der Waals surface area (Å²) < 4.78 is 23.1. The number of benzene rings is 1. The van der Waals surface area contributed by atoms with Gasteiger partial charge < -0.3 is 5.32 Å². The molecule has 0 atom stereocenters. The molecule has 1 amide bonds. The van der Waals surface area contributed by atoms with Crippen molar-refractivity contribution in [2.75, 3.05) is 0 Å². The van der Waals surface area contributed by atoms with E-state index in [1.807, 2.05) is 13.8 Å². The molecule has 7 heteroatoms. The first-order valence-electron chi connectivity index (χ1n) is 5.92. The lowest BCUT2D eigenvalue weighted by molar-refractivity contribution is 0.0934. The van der Waals surface area contributed by atoms with Crippen molar-refractivity contribution >= 4 is 31.9 Å². The summed E-state index contributed by atoms with van der Waals surface area (Å²) in [6, 6.07) is 4.28. The minimum Gasteiger partial charge on any atom is -0.349 e. The lowest BCUT2D eigenvalue weighted by Gasteiger charge is -2.15. The second-order valence-electron chi connectivity index (χ2n) is 4.21. The molecule has 0 aliphatic rings. The van der Waals surface area contributed by atoms with E-state index in [2.05, 4.69) is 21.2 Å². The highest BCUT2D eigenvalue weighted by atomic mass is 79.9. The maximum absolute atomic E-state index is 12.0. The molecular weight excluding hydrogens is 332 g/mol. The van der Waals surface area contributed by atoms with Crippen LogP contribution in [0, 0.1) is 0 Å². The van der Waals surface area contributed by atoms with Crippen molar-refractivity contribution in [1.29, 1.82) is 0 Å².